The molecule has 0 aliphatic heterocycles. The number of benzene rings is 2. The van der Waals surface area contributed by atoms with Crippen LogP contribution >= 0.6 is 0 Å². The van der Waals surface area contributed by atoms with E-state index in [-0.39, 0.29) is 64.9 Å². The Hall–Kier alpha value is -1.08. The van der Waals surface area contributed by atoms with Gasteiger partial charge in [-0.2, -0.15) is 0 Å². The molecule has 0 amide bonds. The molecule has 0 spiro atoms. The normalized spacial score (nSPS) is 10.3. The van der Waals surface area contributed by atoms with E-state index in [2.05, 4.69) is 0 Å². The maximum absolute atomic E-state index is 10.0. The predicted octanol–water partition coefficient (Wildman–Crippen LogP) is 3.57. The van der Waals surface area contributed by atoms with Gasteiger partial charge < -0.3 is 23.7 Å². The predicted molar refractivity (Wildman–Crippen MR) is 104 cm³/mol. The third-order valence-corrected chi connectivity index (χ3v) is 3.73. The molecule has 1 N–H and O–H groups in total. The molecule has 7 heteroatoms. The summed E-state index contributed by atoms with van der Waals surface area (Å²) < 4.78 is 21.3. The van der Waals surface area contributed by atoms with Gasteiger partial charge in [0.2, 0.25) is 5.75 Å². The largest absolute Gasteiger partial charge is 0.507 e. The van der Waals surface area contributed by atoms with Crippen molar-refractivity contribution in [2.24, 2.45) is 0 Å². The molecule has 2 radical (unpaired) electrons. The van der Waals surface area contributed by atoms with Crippen molar-refractivity contribution in [2.75, 3.05) is 21.3 Å². The molecular formula is C19H18Na2O5. The number of furan rings is 1. The maximum atomic E-state index is 10.0. The summed E-state index contributed by atoms with van der Waals surface area (Å²) in [5.74, 6) is 1.90. The molecule has 2 aromatic carbocycles. The van der Waals surface area contributed by atoms with Crippen LogP contribution in [0.15, 0.2) is 41.0 Å². The Kier molecular flexibility index (Phi) is 9.10. The number of phenolic OH excluding ortho intramolecular Hbond substituents is 1. The molecular weight excluding hydrogens is 354 g/mol. The summed E-state index contributed by atoms with van der Waals surface area (Å²) in [7, 11) is 4.72. The SMILES string of the molecule is COc1cc(C=Cc2cc(O)c3ccoc3c2)cc(OC)c1OC.[Na].[Na]. The van der Waals surface area contributed by atoms with Crippen LogP contribution in [0, 0.1) is 0 Å². The number of fused-ring (bicyclic) bond motifs is 1. The summed E-state index contributed by atoms with van der Waals surface area (Å²) in [4.78, 5) is 0. The molecule has 5 nitrogen and oxygen atoms in total. The Bertz CT molecular complexity index is 877. The Labute approximate surface area is 196 Å². The summed E-state index contributed by atoms with van der Waals surface area (Å²) in [6.45, 7) is 0. The van der Waals surface area contributed by atoms with Crippen molar-refractivity contribution in [1.29, 1.82) is 0 Å². The van der Waals surface area contributed by atoms with Gasteiger partial charge in [-0.1, -0.05) is 12.2 Å². The van der Waals surface area contributed by atoms with Crippen LogP contribution in [0.4, 0.5) is 0 Å². The van der Waals surface area contributed by atoms with Crippen LogP contribution in [0.5, 0.6) is 23.0 Å². The van der Waals surface area contributed by atoms with Gasteiger partial charge in [0, 0.05) is 59.1 Å². The van der Waals surface area contributed by atoms with Crippen molar-refractivity contribution in [1.82, 2.24) is 0 Å². The first-order chi connectivity index (χ1) is 11.7. The van der Waals surface area contributed by atoms with Gasteiger partial charge >= 0.3 is 0 Å². The molecule has 0 saturated heterocycles. The van der Waals surface area contributed by atoms with Gasteiger partial charge in [-0.3, -0.25) is 0 Å². The molecule has 0 atom stereocenters. The van der Waals surface area contributed by atoms with Gasteiger partial charge in [0.05, 0.1) is 33.0 Å². The van der Waals surface area contributed by atoms with Gasteiger partial charge in [0.15, 0.2) is 11.5 Å². The molecule has 0 bridgehead atoms. The van der Waals surface area contributed by atoms with Gasteiger partial charge in [-0.25, -0.2) is 0 Å². The van der Waals surface area contributed by atoms with Crippen molar-refractivity contribution in [3.05, 3.63) is 47.7 Å². The number of hydrogen-bond donors (Lipinski definition) is 1. The first-order valence-corrected chi connectivity index (χ1v) is 7.34. The number of rotatable bonds is 5. The van der Waals surface area contributed by atoms with E-state index in [1.165, 1.54) is 0 Å². The fourth-order valence-corrected chi connectivity index (χ4v) is 2.56. The molecule has 0 unspecified atom stereocenters. The molecule has 3 aromatic rings. The Morgan fingerprint density at radius 2 is 1.42 bits per heavy atom. The minimum absolute atomic E-state index is 0. The van der Waals surface area contributed by atoms with Crippen molar-refractivity contribution in [2.45, 2.75) is 0 Å². The summed E-state index contributed by atoms with van der Waals surface area (Å²) in [6, 6.07) is 8.99. The molecule has 26 heavy (non-hydrogen) atoms. The van der Waals surface area contributed by atoms with E-state index in [1.54, 1.807) is 39.7 Å². The minimum atomic E-state index is 0. The summed E-state index contributed by atoms with van der Waals surface area (Å²) in [5.41, 5.74) is 2.34. The standard InChI is InChI=1S/C19H18O5.2Na/c1-21-17-10-13(11-18(22-2)19(17)23-3)5-4-12-8-15(20)14-6-7-24-16(14)9-12;;/h4-11,20H,1-3H3;;. The average molecular weight is 372 g/mol. The van der Waals surface area contributed by atoms with Gasteiger partial charge in [-0.15, -0.1) is 0 Å². The number of hydrogen-bond acceptors (Lipinski definition) is 5. The van der Waals surface area contributed by atoms with E-state index >= 15 is 0 Å². The first kappa shape index (κ1) is 23.0. The topological polar surface area (TPSA) is 61.1 Å². The van der Waals surface area contributed by atoms with Gasteiger partial charge in [0.25, 0.3) is 0 Å². The van der Waals surface area contributed by atoms with E-state index in [0.717, 1.165) is 11.1 Å². The zero-order valence-electron chi connectivity index (χ0n) is 15.7. The van der Waals surface area contributed by atoms with Crippen LogP contribution in [-0.2, 0) is 0 Å². The fraction of sp³-hybridized carbons (Fsp3) is 0.158. The average Bonchev–Trinajstić information content (AvgIpc) is 3.08. The van der Waals surface area contributed by atoms with Crippen LogP contribution in [0.2, 0.25) is 0 Å². The zero-order valence-corrected chi connectivity index (χ0v) is 19.7. The molecule has 0 aliphatic carbocycles. The number of aromatic hydroxyl groups is 1. The molecule has 0 aliphatic rings. The third-order valence-electron chi connectivity index (χ3n) is 3.73. The monoisotopic (exact) mass is 372 g/mol. The Balaban J connectivity index is 0.00000169. The van der Waals surface area contributed by atoms with E-state index in [1.807, 2.05) is 30.4 Å². The van der Waals surface area contributed by atoms with Crippen molar-refractivity contribution in [3.8, 4) is 23.0 Å². The zero-order chi connectivity index (χ0) is 17.1. The third kappa shape index (κ3) is 4.80. The Morgan fingerprint density at radius 1 is 0.846 bits per heavy atom. The molecule has 3 rings (SSSR count). The second kappa shape index (κ2) is 10.3. The Morgan fingerprint density at radius 3 is 1.96 bits per heavy atom. The van der Waals surface area contributed by atoms with E-state index in [4.69, 9.17) is 18.6 Å². The number of phenols is 1. The second-order valence-electron chi connectivity index (χ2n) is 5.16. The molecule has 1 heterocycles. The summed E-state index contributed by atoms with van der Waals surface area (Å²) >= 11 is 0. The number of methoxy groups -OCH3 is 3. The molecule has 1 aromatic heterocycles. The summed E-state index contributed by atoms with van der Waals surface area (Å²) in [5, 5.41) is 10.7. The number of ether oxygens (including phenoxy) is 3. The van der Waals surface area contributed by atoms with Crippen molar-refractivity contribution >= 4 is 82.2 Å². The van der Waals surface area contributed by atoms with Crippen LogP contribution in [0.25, 0.3) is 23.1 Å². The second-order valence-corrected chi connectivity index (χ2v) is 5.16. The summed E-state index contributed by atoms with van der Waals surface area (Å²) in [6.07, 6.45) is 5.33. The van der Waals surface area contributed by atoms with Crippen molar-refractivity contribution in [3.63, 3.8) is 0 Å². The van der Waals surface area contributed by atoms with Gasteiger partial charge in [0.1, 0.15) is 11.3 Å². The smallest absolute Gasteiger partial charge is 0.203 e. The van der Waals surface area contributed by atoms with E-state index in [9.17, 15) is 5.11 Å². The van der Waals surface area contributed by atoms with Crippen LogP contribution in [0.3, 0.4) is 0 Å². The van der Waals surface area contributed by atoms with Crippen LogP contribution in [-0.4, -0.2) is 85.6 Å². The van der Waals surface area contributed by atoms with E-state index < -0.39 is 0 Å². The van der Waals surface area contributed by atoms with Crippen LogP contribution < -0.4 is 14.2 Å². The van der Waals surface area contributed by atoms with Crippen LogP contribution in [0.1, 0.15) is 11.1 Å². The fourth-order valence-electron chi connectivity index (χ4n) is 2.56. The van der Waals surface area contributed by atoms with E-state index in [0.29, 0.717) is 28.2 Å². The maximum Gasteiger partial charge on any atom is 0.203 e. The quantitative estimate of drug-likeness (QED) is 0.548. The molecule has 0 saturated carbocycles. The molecule has 0 fully saturated rings. The first-order valence-electron chi connectivity index (χ1n) is 7.34. The molecule has 126 valence electrons. The van der Waals surface area contributed by atoms with Crippen molar-refractivity contribution < 1.29 is 23.7 Å². The minimum Gasteiger partial charge on any atom is -0.507 e. The van der Waals surface area contributed by atoms with Gasteiger partial charge in [-0.05, 0) is 41.5 Å².